The van der Waals surface area contributed by atoms with Crippen LogP contribution in [-0.4, -0.2) is 28.8 Å². The topological polar surface area (TPSA) is 59.4 Å². The summed E-state index contributed by atoms with van der Waals surface area (Å²) in [6.45, 7) is 1.63. The summed E-state index contributed by atoms with van der Waals surface area (Å²) in [6, 6.07) is 3.03. The number of esters is 1. The molecule has 0 saturated heterocycles. The van der Waals surface area contributed by atoms with Gasteiger partial charge >= 0.3 is 5.97 Å². The molecule has 16 heavy (non-hydrogen) atoms. The first-order valence-corrected chi connectivity index (χ1v) is 5.45. The number of rotatable bonds is 4. The van der Waals surface area contributed by atoms with E-state index in [1.165, 1.54) is 12.3 Å². The lowest BCUT2D eigenvalue weighted by Crippen LogP contribution is -2.26. The molecular weight excluding hydrogens is 281 g/mol. The van der Waals surface area contributed by atoms with Crippen molar-refractivity contribution in [3.05, 3.63) is 28.5 Å². The summed E-state index contributed by atoms with van der Waals surface area (Å²) < 4.78 is 18.5. The van der Waals surface area contributed by atoms with E-state index in [-0.39, 0.29) is 12.3 Å². The lowest BCUT2D eigenvalue weighted by molar-refractivity contribution is -0.153. The Labute approximate surface area is 101 Å². The molecule has 0 radical (unpaired) electrons. The van der Waals surface area contributed by atoms with Crippen molar-refractivity contribution in [1.82, 2.24) is 4.98 Å². The highest BCUT2D eigenvalue weighted by molar-refractivity contribution is 9.10. The van der Waals surface area contributed by atoms with Crippen LogP contribution in [0.1, 0.15) is 18.7 Å². The molecule has 4 nitrogen and oxygen atoms in total. The average Bonchev–Trinajstić information content (AvgIpc) is 2.28. The molecule has 0 spiro atoms. The molecule has 6 heteroatoms. The molecule has 0 fully saturated rings. The van der Waals surface area contributed by atoms with Crippen LogP contribution in [0.5, 0.6) is 0 Å². The maximum atomic E-state index is 13.4. The number of aliphatic hydroxyl groups excluding tert-OH is 1. The first-order valence-electron chi connectivity index (χ1n) is 4.66. The Kier molecular flexibility index (Phi) is 4.82. The Balaban J connectivity index is 2.73. The quantitative estimate of drug-likeness (QED) is 0.859. The second kappa shape index (κ2) is 5.91. The van der Waals surface area contributed by atoms with E-state index in [2.05, 4.69) is 25.7 Å². The van der Waals surface area contributed by atoms with Gasteiger partial charge in [0.25, 0.3) is 0 Å². The fourth-order valence-corrected chi connectivity index (χ4v) is 1.30. The molecule has 0 aliphatic rings. The molecule has 2 atom stereocenters. The molecule has 0 aliphatic heterocycles. The van der Waals surface area contributed by atoms with Gasteiger partial charge in [-0.1, -0.05) is 0 Å². The van der Waals surface area contributed by atoms with Gasteiger partial charge in [-0.3, -0.25) is 4.98 Å². The monoisotopic (exact) mass is 291 g/mol. The van der Waals surface area contributed by atoms with Crippen molar-refractivity contribution in [3.8, 4) is 0 Å². The zero-order valence-electron chi connectivity index (χ0n) is 8.56. The predicted octanol–water partition coefficient (Wildman–Crippen LogP) is 1.78. The molecule has 1 N–H and O–H groups in total. The van der Waals surface area contributed by atoms with Gasteiger partial charge in [0.05, 0.1) is 12.3 Å². The van der Waals surface area contributed by atoms with Crippen LogP contribution in [0.2, 0.25) is 0 Å². The zero-order chi connectivity index (χ0) is 12.1. The smallest absolute Gasteiger partial charge is 0.343 e. The SMILES string of the molecule is CCOC(=O)C(F)C(O)c1ccc(Br)cn1. The van der Waals surface area contributed by atoms with E-state index in [1.807, 2.05) is 0 Å². The van der Waals surface area contributed by atoms with E-state index in [1.54, 1.807) is 13.0 Å². The Hall–Kier alpha value is -1.01. The van der Waals surface area contributed by atoms with Crippen LogP contribution in [0.15, 0.2) is 22.8 Å². The zero-order valence-corrected chi connectivity index (χ0v) is 10.1. The van der Waals surface area contributed by atoms with Crippen molar-refractivity contribution in [2.24, 2.45) is 0 Å². The number of alkyl halides is 1. The Bertz CT molecular complexity index is 358. The molecule has 0 aromatic carbocycles. The van der Waals surface area contributed by atoms with E-state index in [0.29, 0.717) is 4.47 Å². The molecule has 1 aromatic heterocycles. The normalized spacial score (nSPS) is 14.2. The van der Waals surface area contributed by atoms with E-state index >= 15 is 0 Å². The number of pyridine rings is 1. The standard InChI is InChI=1S/C10H11BrFNO3/c1-2-16-10(15)8(12)9(14)7-4-3-6(11)5-13-7/h3-5,8-9,14H,2H2,1H3. The van der Waals surface area contributed by atoms with Gasteiger partial charge in [0.15, 0.2) is 0 Å². The lowest BCUT2D eigenvalue weighted by Gasteiger charge is -2.13. The van der Waals surface area contributed by atoms with E-state index in [9.17, 15) is 14.3 Å². The van der Waals surface area contributed by atoms with Crippen LogP contribution in [0.4, 0.5) is 4.39 Å². The highest BCUT2D eigenvalue weighted by atomic mass is 79.9. The summed E-state index contributed by atoms with van der Waals surface area (Å²) in [5, 5.41) is 9.52. The van der Waals surface area contributed by atoms with Gasteiger partial charge in [-0.05, 0) is 35.0 Å². The maximum Gasteiger partial charge on any atom is 0.343 e. The fourth-order valence-electron chi connectivity index (χ4n) is 1.06. The second-order valence-electron chi connectivity index (χ2n) is 3.00. The van der Waals surface area contributed by atoms with Gasteiger partial charge in [0, 0.05) is 10.7 Å². The third-order valence-corrected chi connectivity index (χ3v) is 2.31. The summed E-state index contributed by atoms with van der Waals surface area (Å²) in [5.74, 6) is -1.08. The summed E-state index contributed by atoms with van der Waals surface area (Å²) >= 11 is 3.16. The van der Waals surface area contributed by atoms with Crippen molar-refractivity contribution >= 4 is 21.9 Å². The minimum Gasteiger partial charge on any atom is -0.464 e. The summed E-state index contributed by atoms with van der Waals surface area (Å²) in [4.78, 5) is 14.8. The molecule has 1 aromatic rings. The lowest BCUT2D eigenvalue weighted by atomic mass is 10.1. The number of hydrogen-bond donors (Lipinski definition) is 1. The highest BCUT2D eigenvalue weighted by Gasteiger charge is 2.29. The Morgan fingerprint density at radius 2 is 2.38 bits per heavy atom. The summed E-state index contributed by atoms with van der Waals surface area (Å²) in [7, 11) is 0. The molecular formula is C10H11BrFNO3. The van der Waals surface area contributed by atoms with Crippen LogP contribution < -0.4 is 0 Å². The third kappa shape index (κ3) is 3.24. The van der Waals surface area contributed by atoms with Crippen LogP contribution in [0.3, 0.4) is 0 Å². The van der Waals surface area contributed by atoms with Gasteiger partial charge in [-0.25, -0.2) is 9.18 Å². The first-order chi connectivity index (χ1) is 7.56. The number of aliphatic hydroxyl groups is 1. The second-order valence-corrected chi connectivity index (χ2v) is 3.92. The molecule has 88 valence electrons. The van der Waals surface area contributed by atoms with E-state index in [0.717, 1.165) is 0 Å². The molecule has 1 heterocycles. The molecule has 1 rings (SSSR count). The average molecular weight is 292 g/mol. The summed E-state index contributed by atoms with van der Waals surface area (Å²) in [6.07, 6.45) is -2.31. The number of halogens is 2. The van der Waals surface area contributed by atoms with E-state index in [4.69, 9.17) is 0 Å². The Morgan fingerprint density at radius 3 is 2.88 bits per heavy atom. The summed E-state index contributed by atoms with van der Waals surface area (Å²) in [5.41, 5.74) is 0.0868. The molecule has 0 amide bonds. The van der Waals surface area contributed by atoms with Gasteiger partial charge in [0.2, 0.25) is 6.17 Å². The minimum absolute atomic E-state index is 0.0692. The van der Waals surface area contributed by atoms with Crippen molar-refractivity contribution in [2.75, 3.05) is 6.61 Å². The van der Waals surface area contributed by atoms with Crippen LogP contribution in [-0.2, 0) is 9.53 Å². The first kappa shape index (κ1) is 13.1. The fraction of sp³-hybridized carbons (Fsp3) is 0.400. The van der Waals surface area contributed by atoms with Crippen LogP contribution >= 0.6 is 15.9 Å². The Morgan fingerprint density at radius 1 is 1.69 bits per heavy atom. The molecule has 2 unspecified atom stereocenters. The number of hydrogen-bond acceptors (Lipinski definition) is 4. The highest BCUT2D eigenvalue weighted by Crippen LogP contribution is 2.19. The van der Waals surface area contributed by atoms with Crippen LogP contribution in [0.25, 0.3) is 0 Å². The number of aromatic nitrogens is 1. The minimum atomic E-state index is -2.12. The van der Waals surface area contributed by atoms with Crippen molar-refractivity contribution in [1.29, 1.82) is 0 Å². The third-order valence-electron chi connectivity index (χ3n) is 1.84. The van der Waals surface area contributed by atoms with Crippen LogP contribution in [0, 0.1) is 0 Å². The number of carbonyl (C=O) groups is 1. The largest absolute Gasteiger partial charge is 0.464 e. The van der Waals surface area contributed by atoms with Gasteiger partial charge in [-0.15, -0.1) is 0 Å². The van der Waals surface area contributed by atoms with E-state index < -0.39 is 18.2 Å². The van der Waals surface area contributed by atoms with Gasteiger partial charge in [0.1, 0.15) is 6.10 Å². The predicted molar refractivity (Wildman–Crippen MR) is 58.4 cm³/mol. The molecule has 0 saturated carbocycles. The number of carbonyl (C=O) groups excluding carboxylic acids is 1. The molecule has 0 aliphatic carbocycles. The maximum absolute atomic E-state index is 13.4. The molecule has 0 bridgehead atoms. The number of nitrogens with zero attached hydrogens (tertiary/aromatic N) is 1. The van der Waals surface area contributed by atoms with Crippen molar-refractivity contribution in [3.63, 3.8) is 0 Å². The van der Waals surface area contributed by atoms with Gasteiger partial charge in [-0.2, -0.15) is 0 Å². The number of ether oxygens (including phenoxy) is 1. The van der Waals surface area contributed by atoms with Crippen molar-refractivity contribution in [2.45, 2.75) is 19.2 Å². The van der Waals surface area contributed by atoms with Gasteiger partial charge < -0.3 is 9.84 Å². The van der Waals surface area contributed by atoms with Crippen molar-refractivity contribution < 1.29 is 19.0 Å².